The summed E-state index contributed by atoms with van der Waals surface area (Å²) >= 11 is 0. The molecule has 0 aliphatic rings. The summed E-state index contributed by atoms with van der Waals surface area (Å²) in [6.07, 6.45) is 4.74. The maximum Gasteiger partial charge on any atom is 0.261 e. The fraction of sp³-hybridized carbons (Fsp3) is 0.444. The number of imidazole rings is 1. The van der Waals surface area contributed by atoms with Gasteiger partial charge < -0.3 is 13.7 Å². The summed E-state index contributed by atoms with van der Waals surface area (Å²) in [4.78, 5) is 4.60. The van der Waals surface area contributed by atoms with Gasteiger partial charge in [-0.2, -0.15) is 0 Å². The molecule has 33 heavy (non-hydrogen) atoms. The molecule has 0 aliphatic carbocycles. The SMILES string of the molecule is CC(C)(C)[Si](OCCc1cn(COCC[Si](C)(C)C)cn1)(c1ccccc1)c1ccccc1. The van der Waals surface area contributed by atoms with Crippen LogP contribution in [0.5, 0.6) is 0 Å². The molecule has 0 fully saturated rings. The third kappa shape index (κ3) is 6.76. The van der Waals surface area contributed by atoms with Crippen LogP contribution in [0.1, 0.15) is 26.5 Å². The lowest BCUT2D eigenvalue weighted by Crippen LogP contribution is -2.66. The Balaban J connectivity index is 1.71. The Morgan fingerprint density at radius 1 is 0.848 bits per heavy atom. The monoisotopic (exact) mass is 480 g/mol. The summed E-state index contributed by atoms with van der Waals surface area (Å²) in [6.45, 7) is 16.1. The second kappa shape index (κ2) is 11.0. The van der Waals surface area contributed by atoms with E-state index in [4.69, 9.17) is 9.16 Å². The van der Waals surface area contributed by atoms with Crippen molar-refractivity contribution in [2.24, 2.45) is 0 Å². The molecular weight excluding hydrogens is 440 g/mol. The highest BCUT2D eigenvalue weighted by Gasteiger charge is 2.49. The molecule has 1 aromatic heterocycles. The van der Waals surface area contributed by atoms with Gasteiger partial charge in [-0.3, -0.25) is 0 Å². The van der Waals surface area contributed by atoms with Gasteiger partial charge in [0.25, 0.3) is 8.32 Å². The Morgan fingerprint density at radius 2 is 1.42 bits per heavy atom. The molecule has 4 nitrogen and oxygen atoms in total. The molecule has 0 spiro atoms. The Labute approximate surface area is 202 Å². The molecule has 3 rings (SSSR count). The first-order valence-corrected chi connectivity index (χ1v) is 17.6. The predicted octanol–water partition coefficient (Wildman–Crippen LogP) is 5.31. The summed E-state index contributed by atoms with van der Waals surface area (Å²) in [5, 5.41) is 2.61. The molecule has 0 unspecified atom stereocenters. The summed E-state index contributed by atoms with van der Waals surface area (Å²) in [5.74, 6) is 0. The van der Waals surface area contributed by atoms with Gasteiger partial charge in [-0.25, -0.2) is 4.98 Å². The van der Waals surface area contributed by atoms with Gasteiger partial charge >= 0.3 is 0 Å². The molecule has 2 aromatic carbocycles. The maximum absolute atomic E-state index is 6.98. The zero-order valence-electron chi connectivity index (χ0n) is 21.2. The zero-order valence-corrected chi connectivity index (χ0v) is 23.2. The van der Waals surface area contributed by atoms with Crippen molar-refractivity contribution >= 4 is 26.8 Å². The highest BCUT2D eigenvalue weighted by atomic mass is 28.4. The van der Waals surface area contributed by atoms with Crippen LogP contribution >= 0.6 is 0 Å². The molecule has 0 atom stereocenters. The quantitative estimate of drug-likeness (QED) is 0.275. The minimum Gasteiger partial charge on any atom is -0.407 e. The molecule has 0 bridgehead atoms. The lowest BCUT2D eigenvalue weighted by atomic mass is 10.2. The van der Waals surface area contributed by atoms with Gasteiger partial charge in [0.1, 0.15) is 6.73 Å². The standard InChI is InChI=1S/C27H40N2O2Si2/c1-27(2,3)33(25-13-9-7-10-14-25,26-15-11-8-12-16-26)31-18-17-24-21-29(22-28-24)23-30-19-20-32(4,5)6/h7-16,21-22H,17-20,23H2,1-6H3. The van der Waals surface area contributed by atoms with Gasteiger partial charge in [0.2, 0.25) is 0 Å². The lowest BCUT2D eigenvalue weighted by molar-refractivity contribution is 0.0871. The van der Waals surface area contributed by atoms with Crippen LogP contribution in [-0.4, -0.2) is 39.2 Å². The van der Waals surface area contributed by atoms with Crippen molar-refractivity contribution in [1.82, 2.24) is 9.55 Å². The van der Waals surface area contributed by atoms with Gasteiger partial charge in [0.15, 0.2) is 0 Å². The first-order chi connectivity index (χ1) is 15.6. The van der Waals surface area contributed by atoms with Gasteiger partial charge in [-0.1, -0.05) is 101 Å². The highest BCUT2D eigenvalue weighted by molar-refractivity contribution is 6.99. The van der Waals surface area contributed by atoms with Crippen LogP contribution in [0.2, 0.25) is 30.7 Å². The maximum atomic E-state index is 6.98. The number of hydrogen-bond acceptors (Lipinski definition) is 3. The van der Waals surface area contributed by atoms with E-state index in [1.807, 2.05) is 10.9 Å². The van der Waals surface area contributed by atoms with Crippen LogP contribution in [-0.2, 0) is 22.3 Å². The van der Waals surface area contributed by atoms with Gasteiger partial charge in [0, 0.05) is 33.9 Å². The van der Waals surface area contributed by atoms with Crippen molar-refractivity contribution < 1.29 is 9.16 Å². The summed E-state index contributed by atoms with van der Waals surface area (Å²) in [5.41, 5.74) is 1.04. The van der Waals surface area contributed by atoms with E-state index in [-0.39, 0.29) is 5.04 Å². The summed E-state index contributed by atoms with van der Waals surface area (Å²) in [6, 6.07) is 22.8. The molecular formula is C27H40N2O2Si2. The van der Waals surface area contributed by atoms with Crippen molar-refractivity contribution in [3.8, 4) is 0 Å². The number of rotatable bonds is 11. The van der Waals surface area contributed by atoms with Gasteiger partial charge in [-0.05, 0) is 21.5 Å². The van der Waals surface area contributed by atoms with Crippen molar-refractivity contribution in [2.45, 2.75) is 64.6 Å². The van der Waals surface area contributed by atoms with E-state index in [0.717, 1.165) is 18.7 Å². The van der Waals surface area contributed by atoms with E-state index >= 15 is 0 Å². The molecule has 178 valence electrons. The second-order valence-corrected chi connectivity index (χ2v) is 20.9. The van der Waals surface area contributed by atoms with Crippen molar-refractivity contribution in [3.63, 3.8) is 0 Å². The third-order valence-corrected chi connectivity index (χ3v) is 12.8. The second-order valence-electron chi connectivity index (χ2n) is 11.0. The average Bonchev–Trinajstić information content (AvgIpc) is 3.22. The first kappa shape index (κ1) is 25.6. The highest BCUT2D eigenvalue weighted by Crippen LogP contribution is 2.36. The van der Waals surface area contributed by atoms with Crippen molar-refractivity contribution in [2.75, 3.05) is 13.2 Å². The average molecular weight is 481 g/mol. The number of aromatic nitrogens is 2. The molecule has 0 radical (unpaired) electrons. The van der Waals surface area contributed by atoms with Crippen LogP contribution in [0.15, 0.2) is 73.2 Å². The van der Waals surface area contributed by atoms with Gasteiger partial charge in [0.05, 0.1) is 12.0 Å². The van der Waals surface area contributed by atoms with Crippen LogP contribution in [0, 0.1) is 0 Å². The number of hydrogen-bond donors (Lipinski definition) is 0. The number of nitrogens with zero attached hydrogens (tertiary/aromatic N) is 2. The Bertz CT molecular complexity index is 937. The molecule has 0 N–H and O–H groups in total. The summed E-state index contributed by atoms with van der Waals surface area (Å²) < 4.78 is 14.9. The topological polar surface area (TPSA) is 36.3 Å². The van der Waals surface area contributed by atoms with Crippen LogP contribution in [0.4, 0.5) is 0 Å². The molecule has 0 saturated heterocycles. The predicted molar refractivity (Wildman–Crippen MR) is 144 cm³/mol. The normalized spacial score (nSPS) is 12.8. The van der Waals surface area contributed by atoms with Crippen molar-refractivity contribution in [3.05, 3.63) is 78.9 Å². The van der Waals surface area contributed by atoms with E-state index in [0.29, 0.717) is 13.3 Å². The number of benzene rings is 2. The fourth-order valence-corrected chi connectivity index (χ4v) is 9.55. The van der Waals surface area contributed by atoms with Crippen LogP contribution in [0.25, 0.3) is 0 Å². The molecule has 0 saturated carbocycles. The Morgan fingerprint density at radius 3 is 1.94 bits per heavy atom. The molecule has 0 amide bonds. The van der Waals surface area contributed by atoms with E-state index in [2.05, 4.69) is 112 Å². The van der Waals surface area contributed by atoms with E-state index < -0.39 is 16.4 Å². The van der Waals surface area contributed by atoms with E-state index in [1.54, 1.807) is 0 Å². The van der Waals surface area contributed by atoms with E-state index in [9.17, 15) is 0 Å². The molecule has 6 heteroatoms. The molecule has 0 aliphatic heterocycles. The fourth-order valence-electron chi connectivity index (χ4n) is 4.22. The lowest BCUT2D eigenvalue weighted by Gasteiger charge is -2.43. The smallest absolute Gasteiger partial charge is 0.261 e. The minimum atomic E-state index is -2.50. The van der Waals surface area contributed by atoms with Crippen LogP contribution in [0.3, 0.4) is 0 Å². The number of ether oxygens (including phenoxy) is 1. The zero-order chi connectivity index (χ0) is 24.0. The minimum absolute atomic E-state index is 0.0146. The van der Waals surface area contributed by atoms with E-state index in [1.165, 1.54) is 16.4 Å². The largest absolute Gasteiger partial charge is 0.407 e. The summed E-state index contributed by atoms with van der Waals surface area (Å²) in [7, 11) is -3.56. The third-order valence-electron chi connectivity index (χ3n) is 6.02. The first-order valence-electron chi connectivity index (χ1n) is 12.0. The van der Waals surface area contributed by atoms with Crippen LogP contribution < -0.4 is 10.4 Å². The molecule has 1 heterocycles. The molecule has 3 aromatic rings. The Hall–Kier alpha value is -2.00. The van der Waals surface area contributed by atoms with Crippen molar-refractivity contribution in [1.29, 1.82) is 0 Å². The van der Waals surface area contributed by atoms with Gasteiger partial charge in [-0.15, -0.1) is 0 Å². The Kier molecular flexibility index (Phi) is 8.50.